The molecule has 0 bridgehead atoms. The van der Waals surface area contributed by atoms with Crippen molar-refractivity contribution < 1.29 is 19.1 Å². The van der Waals surface area contributed by atoms with Gasteiger partial charge in [-0.15, -0.1) is 0 Å². The lowest BCUT2D eigenvalue weighted by atomic mass is 10.2. The topological polar surface area (TPSA) is 84.5 Å². The van der Waals surface area contributed by atoms with Crippen molar-refractivity contribution in [1.29, 1.82) is 0 Å². The minimum absolute atomic E-state index is 0.170. The Bertz CT molecular complexity index is 542. The molecule has 6 nitrogen and oxygen atoms in total. The normalized spacial score (nSPS) is 17.4. The summed E-state index contributed by atoms with van der Waals surface area (Å²) in [6.07, 6.45) is 0.729. The third-order valence-electron chi connectivity index (χ3n) is 2.93. The zero-order chi connectivity index (χ0) is 14.5. The maximum absolute atomic E-state index is 11.6. The number of esters is 1. The largest absolute Gasteiger partial charge is 0.454 e. The van der Waals surface area contributed by atoms with Crippen LogP contribution in [-0.4, -0.2) is 30.4 Å². The lowest BCUT2D eigenvalue weighted by Gasteiger charge is -2.10. The third kappa shape index (κ3) is 3.81. The molecule has 1 aromatic rings. The molecule has 0 radical (unpaired) electrons. The Morgan fingerprint density at radius 2 is 2.25 bits per heavy atom. The highest BCUT2D eigenvalue weighted by atomic mass is 16.5. The van der Waals surface area contributed by atoms with Crippen LogP contribution in [0.3, 0.4) is 0 Å². The van der Waals surface area contributed by atoms with Crippen molar-refractivity contribution in [3.8, 4) is 0 Å². The Hall–Kier alpha value is -2.37. The molecule has 1 aliphatic heterocycles. The quantitative estimate of drug-likeness (QED) is 0.795. The number of aryl methyl sites for hydroxylation is 1. The molecule has 1 fully saturated rings. The molecule has 0 saturated carbocycles. The molecule has 1 atom stereocenters. The molecule has 0 unspecified atom stereocenters. The van der Waals surface area contributed by atoms with E-state index >= 15 is 0 Å². The zero-order valence-corrected chi connectivity index (χ0v) is 11.1. The second-order valence-corrected chi connectivity index (χ2v) is 4.68. The first-order valence-electron chi connectivity index (χ1n) is 6.37. The Morgan fingerprint density at radius 1 is 1.45 bits per heavy atom. The molecule has 1 saturated heterocycles. The molecule has 0 aliphatic carbocycles. The molecule has 1 aliphatic rings. The Labute approximate surface area is 116 Å². The molecule has 0 aromatic heterocycles. The van der Waals surface area contributed by atoms with E-state index in [2.05, 4.69) is 10.6 Å². The van der Waals surface area contributed by atoms with Crippen LogP contribution < -0.4 is 10.6 Å². The van der Waals surface area contributed by atoms with Gasteiger partial charge in [0.05, 0.1) is 0 Å². The van der Waals surface area contributed by atoms with Crippen LogP contribution in [0.25, 0.3) is 0 Å². The monoisotopic (exact) mass is 276 g/mol. The fourth-order valence-corrected chi connectivity index (χ4v) is 1.95. The van der Waals surface area contributed by atoms with Gasteiger partial charge in [0.25, 0.3) is 5.91 Å². The molecule has 106 valence electrons. The lowest BCUT2D eigenvalue weighted by molar-refractivity contribution is -0.149. The van der Waals surface area contributed by atoms with Crippen molar-refractivity contribution in [2.75, 3.05) is 11.9 Å². The lowest BCUT2D eigenvalue weighted by Crippen LogP contribution is -2.36. The first-order chi connectivity index (χ1) is 9.54. The van der Waals surface area contributed by atoms with Crippen molar-refractivity contribution in [2.45, 2.75) is 25.8 Å². The second kappa shape index (κ2) is 6.18. The highest BCUT2D eigenvalue weighted by molar-refractivity contribution is 5.94. The summed E-state index contributed by atoms with van der Waals surface area (Å²) in [5.41, 5.74) is 1.67. The third-order valence-corrected chi connectivity index (χ3v) is 2.93. The number of carbonyl (C=O) groups is 3. The molecule has 2 amide bonds. The summed E-state index contributed by atoms with van der Waals surface area (Å²) >= 11 is 0. The molecule has 0 spiro atoms. The van der Waals surface area contributed by atoms with Gasteiger partial charge in [-0.2, -0.15) is 0 Å². The molecule has 6 heteroatoms. The van der Waals surface area contributed by atoms with E-state index in [0.717, 1.165) is 5.56 Å². The molecular weight excluding hydrogens is 260 g/mol. The van der Waals surface area contributed by atoms with Crippen LogP contribution in [-0.2, 0) is 19.1 Å². The average Bonchev–Trinajstić information content (AvgIpc) is 2.83. The Morgan fingerprint density at radius 3 is 2.90 bits per heavy atom. The fraction of sp³-hybridized carbons (Fsp3) is 0.357. The average molecular weight is 276 g/mol. The van der Waals surface area contributed by atoms with Crippen LogP contribution in [0.15, 0.2) is 24.3 Å². The van der Waals surface area contributed by atoms with E-state index in [1.807, 2.05) is 25.1 Å². The van der Waals surface area contributed by atoms with Crippen molar-refractivity contribution in [2.24, 2.45) is 0 Å². The van der Waals surface area contributed by atoms with E-state index in [9.17, 15) is 14.4 Å². The number of anilines is 1. The first kappa shape index (κ1) is 14.0. The predicted octanol–water partition coefficient (Wildman–Crippen LogP) is 0.755. The summed E-state index contributed by atoms with van der Waals surface area (Å²) < 4.78 is 4.87. The van der Waals surface area contributed by atoms with Gasteiger partial charge >= 0.3 is 5.97 Å². The summed E-state index contributed by atoms with van der Waals surface area (Å²) in [4.78, 5) is 34.2. The molecule has 20 heavy (non-hydrogen) atoms. The van der Waals surface area contributed by atoms with Gasteiger partial charge in [0.1, 0.15) is 6.04 Å². The van der Waals surface area contributed by atoms with Crippen LogP contribution in [0.4, 0.5) is 5.69 Å². The number of hydrogen-bond acceptors (Lipinski definition) is 4. The predicted molar refractivity (Wildman–Crippen MR) is 71.9 cm³/mol. The summed E-state index contributed by atoms with van der Waals surface area (Å²) in [7, 11) is 0. The highest BCUT2D eigenvalue weighted by Crippen LogP contribution is 2.10. The first-order valence-corrected chi connectivity index (χ1v) is 6.37. The van der Waals surface area contributed by atoms with Crippen LogP contribution in [0.5, 0.6) is 0 Å². The van der Waals surface area contributed by atoms with E-state index in [1.54, 1.807) is 6.07 Å². The molecule has 2 rings (SSSR count). The van der Waals surface area contributed by atoms with Crippen LogP contribution >= 0.6 is 0 Å². The summed E-state index contributed by atoms with van der Waals surface area (Å²) in [6.45, 7) is 1.55. The van der Waals surface area contributed by atoms with Crippen molar-refractivity contribution in [1.82, 2.24) is 5.32 Å². The standard InChI is InChI=1S/C14H16N2O4/c1-9-3-2-4-10(7-9)15-13(18)8-20-14(19)11-5-6-12(17)16-11/h2-4,7,11H,5-6,8H2,1H3,(H,15,18)(H,16,17)/t11-/m0/s1. The minimum atomic E-state index is -0.630. The number of rotatable bonds is 4. The van der Waals surface area contributed by atoms with Gasteiger partial charge in [0, 0.05) is 12.1 Å². The molecular formula is C14H16N2O4. The molecule has 1 heterocycles. The highest BCUT2D eigenvalue weighted by Gasteiger charge is 2.28. The van der Waals surface area contributed by atoms with E-state index in [0.29, 0.717) is 18.5 Å². The summed E-state index contributed by atoms with van der Waals surface area (Å²) in [5.74, 6) is -1.15. The number of hydrogen-bond donors (Lipinski definition) is 2. The van der Waals surface area contributed by atoms with Gasteiger partial charge in [-0.05, 0) is 31.0 Å². The number of carbonyl (C=O) groups excluding carboxylic acids is 3. The maximum Gasteiger partial charge on any atom is 0.329 e. The van der Waals surface area contributed by atoms with E-state index < -0.39 is 17.9 Å². The van der Waals surface area contributed by atoms with Crippen LogP contribution in [0, 0.1) is 6.92 Å². The summed E-state index contributed by atoms with van der Waals surface area (Å²) in [6, 6.07) is 6.68. The van der Waals surface area contributed by atoms with Crippen molar-refractivity contribution in [3.05, 3.63) is 29.8 Å². The number of benzene rings is 1. The van der Waals surface area contributed by atoms with Crippen LogP contribution in [0.1, 0.15) is 18.4 Å². The van der Waals surface area contributed by atoms with Gasteiger partial charge in [0.15, 0.2) is 6.61 Å². The summed E-state index contributed by atoms with van der Waals surface area (Å²) in [5, 5.41) is 5.12. The molecule has 2 N–H and O–H groups in total. The van der Waals surface area contributed by atoms with Crippen LogP contribution in [0.2, 0.25) is 0 Å². The number of amides is 2. The Balaban J connectivity index is 1.77. The van der Waals surface area contributed by atoms with Crippen molar-refractivity contribution >= 4 is 23.5 Å². The minimum Gasteiger partial charge on any atom is -0.454 e. The molecule has 1 aromatic carbocycles. The van der Waals surface area contributed by atoms with Crippen molar-refractivity contribution in [3.63, 3.8) is 0 Å². The SMILES string of the molecule is Cc1cccc(NC(=O)COC(=O)[C@@H]2CCC(=O)N2)c1. The van der Waals surface area contributed by atoms with Gasteiger partial charge in [0.2, 0.25) is 5.91 Å². The van der Waals surface area contributed by atoms with E-state index in [-0.39, 0.29) is 12.5 Å². The second-order valence-electron chi connectivity index (χ2n) is 4.68. The smallest absolute Gasteiger partial charge is 0.329 e. The maximum atomic E-state index is 11.6. The number of nitrogens with one attached hydrogen (secondary N) is 2. The van der Waals surface area contributed by atoms with E-state index in [1.165, 1.54) is 0 Å². The van der Waals surface area contributed by atoms with Gasteiger partial charge in [-0.1, -0.05) is 12.1 Å². The Kier molecular flexibility index (Phi) is 4.34. The van der Waals surface area contributed by atoms with Gasteiger partial charge in [-0.25, -0.2) is 4.79 Å². The van der Waals surface area contributed by atoms with E-state index in [4.69, 9.17) is 4.74 Å². The van der Waals surface area contributed by atoms with Gasteiger partial charge < -0.3 is 15.4 Å². The fourth-order valence-electron chi connectivity index (χ4n) is 1.95. The number of ether oxygens (including phenoxy) is 1. The zero-order valence-electron chi connectivity index (χ0n) is 11.1. The van der Waals surface area contributed by atoms with Gasteiger partial charge in [-0.3, -0.25) is 9.59 Å².